The lowest BCUT2D eigenvalue weighted by molar-refractivity contribution is -0.119. The van der Waals surface area contributed by atoms with Gasteiger partial charge in [-0.3, -0.25) is 9.69 Å². The molecule has 3 N–H and O–H groups in total. The highest BCUT2D eigenvalue weighted by molar-refractivity contribution is 5.75. The number of rotatable bonds is 6. The Hall–Kier alpha value is -1.53. The number of hydrogen-bond donors (Lipinski definition) is 2. The second-order valence-electron chi connectivity index (χ2n) is 4.64. The maximum Gasteiger partial charge on any atom is 0.231 e. The highest BCUT2D eigenvalue weighted by Gasteiger charge is 2.22. The number of benzene rings is 1. The molecule has 0 aliphatic carbocycles. The highest BCUT2D eigenvalue weighted by Crippen LogP contribution is 2.22. The van der Waals surface area contributed by atoms with Crippen molar-refractivity contribution in [2.75, 3.05) is 13.1 Å². The first-order valence-corrected chi connectivity index (χ1v) is 5.97. The minimum atomic E-state index is -1.36. The van der Waals surface area contributed by atoms with Gasteiger partial charge in [0.1, 0.15) is 11.6 Å². The fourth-order valence-electron chi connectivity index (χ4n) is 1.80. The lowest BCUT2D eigenvalue weighted by Crippen LogP contribution is -2.41. The number of amides is 1. The van der Waals surface area contributed by atoms with Crippen LogP contribution < -0.4 is 5.73 Å². The van der Waals surface area contributed by atoms with Gasteiger partial charge in [0.05, 0.1) is 18.2 Å². The summed E-state index contributed by atoms with van der Waals surface area (Å²) in [5, 5.41) is 9.94. The van der Waals surface area contributed by atoms with Crippen molar-refractivity contribution < 1.29 is 18.7 Å². The molecule has 1 rings (SSSR count). The predicted octanol–water partition coefficient (Wildman–Crippen LogP) is 1.19. The molecule has 19 heavy (non-hydrogen) atoms. The number of nitrogens with two attached hydrogens (primary N) is 1. The standard InChI is InChI=1S/C13H18F2N2O2/c1-8(2)17(7-12(16)19)6-11(18)13-9(14)4-3-5-10(13)15/h3-5,8,11,18H,6-7H2,1-2H3,(H2,16,19). The van der Waals surface area contributed by atoms with Gasteiger partial charge in [0.15, 0.2) is 0 Å². The van der Waals surface area contributed by atoms with Crippen molar-refractivity contribution in [3.8, 4) is 0 Å². The van der Waals surface area contributed by atoms with Crippen LogP contribution in [-0.2, 0) is 4.79 Å². The molecule has 0 saturated heterocycles. The molecule has 1 unspecified atom stereocenters. The van der Waals surface area contributed by atoms with E-state index < -0.39 is 29.2 Å². The average molecular weight is 272 g/mol. The first-order chi connectivity index (χ1) is 8.82. The van der Waals surface area contributed by atoms with Crippen LogP contribution in [0.5, 0.6) is 0 Å². The Labute approximate surface area is 110 Å². The fraction of sp³-hybridized carbons (Fsp3) is 0.462. The average Bonchev–Trinajstić information content (AvgIpc) is 2.27. The molecule has 1 atom stereocenters. The van der Waals surface area contributed by atoms with Crippen molar-refractivity contribution in [1.82, 2.24) is 4.90 Å². The topological polar surface area (TPSA) is 66.6 Å². The van der Waals surface area contributed by atoms with Gasteiger partial charge in [0.2, 0.25) is 5.91 Å². The molecular formula is C13H18F2N2O2. The number of nitrogens with zero attached hydrogens (tertiary/aromatic N) is 1. The minimum Gasteiger partial charge on any atom is -0.387 e. The van der Waals surface area contributed by atoms with E-state index in [-0.39, 0.29) is 19.1 Å². The van der Waals surface area contributed by atoms with Crippen molar-refractivity contribution in [2.24, 2.45) is 5.73 Å². The van der Waals surface area contributed by atoms with E-state index in [1.807, 2.05) is 0 Å². The molecule has 0 heterocycles. The van der Waals surface area contributed by atoms with Crippen molar-refractivity contribution in [3.05, 3.63) is 35.4 Å². The van der Waals surface area contributed by atoms with E-state index in [1.54, 1.807) is 18.7 Å². The second kappa shape index (κ2) is 6.58. The molecule has 0 radical (unpaired) electrons. The Bertz CT molecular complexity index is 432. The molecule has 0 aromatic heterocycles. The predicted molar refractivity (Wildman–Crippen MR) is 67.2 cm³/mol. The molecule has 0 aliphatic heterocycles. The quantitative estimate of drug-likeness (QED) is 0.817. The lowest BCUT2D eigenvalue weighted by Gasteiger charge is -2.27. The molecule has 0 spiro atoms. The number of aliphatic hydroxyl groups excluding tert-OH is 1. The van der Waals surface area contributed by atoms with Gasteiger partial charge in [-0.25, -0.2) is 8.78 Å². The minimum absolute atomic E-state index is 0.0710. The molecule has 0 bridgehead atoms. The maximum atomic E-state index is 13.5. The van der Waals surface area contributed by atoms with Gasteiger partial charge in [-0.05, 0) is 26.0 Å². The zero-order chi connectivity index (χ0) is 14.6. The van der Waals surface area contributed by atoms with Gasteiger partial charge in [-0.1, -0.05) is 6.07 Å². The van der Waals surface area contributed by atoms with Gasteiger partial charge in [-0.15, -0.1) is 0 Å². The van der Waals surface area contributed by atoms with Gasteiger partial charge < -0.3 is 10.8 Å². The summed E-state index contributed by atoms with van der Waals surface area (Å²) in [7, 11) is 0. The summed E-state index contributed by atoms with van der Waals surface area (Å²) in [6.07, 6.45) is -1.36. The summed E-state index contributed by atoms with van der Waals surface area (Å²) in [6, 6.07) is 3.30. The largest absolute Gasteiger partial charge is 0.387 e. The van der Waals surface area contributed by atoms with E-state index >= 15 is 0 Å². The summed E-state index contributed by atoms with van der Waals surface area (Å²) < 4.78 is 27.0. The fourth-order valence-corrected chi connectivity index (χ4v) is 1.80. The van der Waals surface area contributed by atoms with Crippen LogP contribution in [0, 0.1) is 11.6 Å². The Kier molecular flexibility index (Phi) is 5.38. The number of halogens is 2. The molecule has 1 aromatic carbocycles. The number of aliphatic hydroxyl groups is 1. The van der Waals surface area contributed by atoms with Gasteiger partial charge in [0.25, 0.3) is 0 Å². The molecule has 0 aliphatic rings. The van der Waals surface area contributed by atoms with E-state index in [0.29, 0.717) is 0 Å². The molecule has 106 valence electrons. The summed E-state index contributed by atoms with van der Waals surface area (Å²) in [5.41, 5.74) is 4.70. The van der Waals surface area contributed by atoms with Gasteiger partial charge >= 0.3 is 0 Å². The third-order valence-electron chi connectivity index (χ3n) is 2.83. The van der Waals surface area contributed by atoms with Crippen LogP contribution in [0.25, 0.3) is 0 Å². The van der Waals surface area contributed by atoms with E-state index in [0.717, 1.165) is 12.1 Å². The maximum absolute atomic E-state index is 13.5. The molecule has 4 nitrogen and oxygen atoms in total. The Morgan fingerprint density at radius 3 is 2.32 bits per heavy atom. The van der Waals surface area contributed by atoms with Crippen molar-refractivity contribution >= 4 is 5.91 Å². The highest BCUT2D eigenvalue weighted by atomic mass is 19.1. The van der Waals surface area contributed by atoms with Crippen LogP contribution in [0.15, 0.2) is 18.2 Å². The molecule has 1 aromatic rings. The van der Waals surface area contributed by atoms with E-state index in [2.05, 4.69) is 0 Å². The number of carbonyl (C=O) groups is 1. The van der Waals surface area contributed by atoms with Crippen LogP contribution in [-0.4, -0.2) is 35.0 Å². The number of hydrogen-bond acceptors (Lipinski definition) is 3. The molecule has 0 fully saturated rings. The molecule has 6 heteroatoms. The van der Waals surface area contributed by atoms with E-state index in [4.69, 9.17) is 5.73 Å². The third-order valence-corrected chi connectivity index (χ3v) is 2.83. The zero-order valence-corrected chi connectivity index (χ0v) is 10.9. The van der Waals surface area contributed by atoms with E-state index in [1.165, 1.54) is 6.07 Å². The van der Waals surface area contributed by atoms with Crippen LogP contribution in [0.2, 0.25) is 0 Å². The van der Waals surface area contributed by atoms with Crippen LogP contribution in [0.3, 0.4) is 0 Å². The van der Waals surface area contributed by atoms with Gasteiger partial charge in [0, 0.05) is 12.6 Å². The second-order valence-corrected chi connectivity index (χ2v) is 4.64. The first kappa shape index (κ1) is 15.5. The van der Waals surface area contributed by atoms with Gasteiger partial charge in [-0.2, -0.15) is 0 Å². The lowest BCUT2D eigenvalue weighted by atomic mass is 10.1. The SMILES string of the molecule is CC(C)N(CC(N)=O)CC(O)c1c(F)cccc1F. The first-order valence-electron chi connectivity index (χ1n) is 5.97. The Balaban J connectivity index is 2.87. The summed E-state index contributed by atoms with van der Waals surface area (Å²) in [4.78, 5) is 12.5. The number of primary amides is 1. The zero-order valence-electron chi connectivity index (χ0n) is 10.9. The molecule has 0 saturated carbocycles. The summed E-state index contributed by atoms with van der Waals surface area (Å²) in [6.45, 7) is 3.45. The van der Waals surface area contributed by atoms with Crippen molar-refractivity contribution in [2.45, 2.75) is 26.0 Å². The molecular weight excluding hydrogens is 254 g/mol. The van der Waals surface area contributed by atoms with Crippen molar-refractivity contribution in [3.63, 3.8) is 0 Å². The summed E-state index contributed by atoms with van der Waals surface area (Å²) >= 11 is 0. The third kappa shape index (κ3) is 4.25. The smallest absolute Gasteiger partial charge is 0.231 e. The monoisotopic (exact) mass is 272 g/mol. The van der Waals surface area contributed by atoms with Crippen LogP contribution >= 0.6 is 0 Å². The van der Waals surface area contributed by atoms with Crippen LogP contribution in [0.4, 0.5) is 8.78 Å². The summed E-state index contributed by atoms with van der Waals surface area (Å²) in [5.74, 6) is -2.18. The number of carbonyl (C=O) groups excluding carboxylic acids is 1. The molecule has 1 amide bonds. The normalized spacial score (nSPS) is 13.0. The Morgan fingerprint density at radius 1 is 1.37 bits per heavy atom. The van der Waals surface area contributed by atoms with Crippen LogP contribution in [0.1, 0.15) is 25.5 Å². The van der Waals surface area contributed by atoms with E-state index in [9.17, 15) is 18.7 Å². The van der Waals surface area contributed by atoms with Crippen molar-refractivity contribution in [1.29, 1.82) is 0 Å². The Morgan fingerprint density at radius 2 is 1.89 bits per heavy atom.